The predicted molar refractivity (Wildman–Crippen MR) is 73.9 cm³/mol. The molecule has 1 fully saturated rings. The van der Waals surface area contributed by atoms with Crippen LogP contribution in [0.25, 0.3) is 0 Å². The number of hydrogen-bond acceptors (Lipinski definition) is 5. The fourth-order valence-electron chi connectivity index (χ4n) is 2.44. The van der Waals surface area contributed by atoms with Crippen molar-refractivity contribution in [2.45, 2.75) is 36.7 Å². The van der Waals surface area contributed by atoms with Gasteiger partial charge in [-0.25, -0.2) is 13.1 Å². The maximum atomic E-state index is 12.3. The van der Waals surface area contributed by atoms with Gasteiger partial charge < -0.3 is 5.32 Å². The van der Waals surface area contributed by atoms with Crippen LogP contribution in [0.2, 0.25) is 0 Å². The molecule has 110 valence electrons. The number of para-hydroxylation sites is 1. The molecule has 8 heteroatoms. The summed E-state index contributed by atoms with van der Waals surface area (Å²) in [7, 11) is -3.89. The minimum Gasteiger partial charge on any atom is -0.312 e. The zero-order valence-corrected chi connectivity index (χ0v) is 11.9. The summed E-state index contributed by atoms with van der Waals surface area (Å²) in [6.45, 7) is 2.71. The molecule has 1 saturated heterocycles. The van der Waals surface area contributed by atoms with E-state index in [4.69, 9.17) is 0 Å². The van der Waals surface area contributed by atoms with Crippen LogP contribution in [0.15, 0.2) is 29.2 Å². The summed E-state index contributed by atoms with van der Waals surface area (Å²) < 4.78 is 27.2. The van der Waals surface area contributed by atoms with Crippen LogP contribution in [0.4, 0.5) is 5.69 Å². The van der Waals surface area contributed by atoms with E-state index in [1.54, 1.807) is 0 Å². The Morgan fingerprint density at radius 3 is 2.80 bits per heavy atom. The first kappa shape index (κ1) is 14.9. The van der Waals surface area contributed by atoms with Crippen molar-refractivity contribution >= 4 is 15.7 Å². The highest BCUT2D eigenvalue weighted by Gasteiger charge is 2.32. The Hall–Kier alpha value is -1.51. The average molecular weight is 299 g/mol. The molecule has 0 saturated carbocycles. The summed E-state index contributed by atoms with van der Waals surface area (Å²) in [4.78, 5) is 9.96. The molecule has 1 heterocycles. The van der Waals surface area contributed by atoms with E-state index >= 15 is 0 Å². The lowest BCUT2D eigenvalue weighted by atomic mass is 10.1. The number of hydrogen-bond donors (Lipinski definition) is 2. The smallest absolute Gasteiger partial charge is 0.289 e. The van der Waals surface area contributed by atoms with Crippen LogP contribution in [0.1, 0.15) is 19.8 Å². The normalized spacial score (nSPS) is 22.9. The maximum Gasteiger partial charge on any atom is 0.289 e. The summed E-state index contributed by atoms with van der Waals surface area (Å²) in [5, 5.41) is 14.1. The van der Waals surface area contributed by atoms with Crippen molar-refractivity contribution in [1.82, 2.24) is 10.0 Å². The molecule has 0 spiro atoms. The summed E-state index contributed by atoms with van der Waals surface area (Å²) >= 11 is 0. The van der Waals surface area contributed by atoms with Crippen LogP contribution in [-0.2, 0) is 10.0 Å². The molecule has 1 aliphatic heterocycles. The van der Waals surface area contributed by atoms with Crippen molar-refractivity contribution in [2.75, 3.05) is 6.54 Å². The lowest BCUT2D eigenvalue weighted by Crippen LogP contribution is -2.43. The number of sulfonamides is 1. The molecule has 0 radical (unpaired) electrons. The molecule has 20 heavy (non-hydrogen) atoms. The molecule has 2 N–H and O–H groups in total. The van der Waals surface area contributed by atoms with E-state index in [0.717, 1.165) is 13.0 Å². The second kappa shape index (κ2) is 5.86. The van der Waals surface area contributed by atoms with Gasteiger partial charge in [0.25, 0.3) is 5.69 Å². The number of nitro groups is 1. The van der Waals surface area contributed by atoms with Gasteiger partial charge in [0.15, 0.2) is 4.90 Å². The molecule has 0 amide bonds. The molecule has 1 aliphatic rings. The van der Waals surface area contributed by atoms with Crippen molar-refractivity contribution in [3.05, 3.63) is 34.4 Å². The molecule has 1 aromatic rings. The number of nitrogens with zero attached hydrogens (tertiary/aromatic N) is 1. The average Bonchev–Trinajstić information content (AvgIpc) is 2.85. The quantitative estimate of drug-likeness (QED) is 0.624. The van der Waals surface area contributed by atoms with Crippen LogP contribution >= 0.6 is 0 Å². The zero-order chi connectivity index (χ0) is 14.8. The molecule has 0 aliphatic carbocycles. The molecule has 0 bridgehead atoms. The van der Waals surface area contributed by atoms with Crippen LogP contribution in [0.3, 0.4) is 0 Å². The molecular weight excluding hydrogens is 282 g/mol. The van der Waals surface area contributed by atoms with Crippen molar-refractivity contribution in [3.63, 3.8) is 0 Å². The number of benzene rings is 1. The fourth-order valence-corrected chi connectivity index (χ4v) is 3.92. The maximum absolute atomic E-state index is 12.3. The summed E-state index contributed by atoms with van der Waals surface area (Å²) in [6, 6.07) is 5.20. The van der Waals surface area contributed by atoms with Crippen LogP contribution < -0.4 is 10.0 Å². The zero-order valence-electron chi connectivity index (χ0n) is 11.1. The van der Waals surface area contributed by atoms with E-state index in [1.807, 2.05) is 6.92 Å². The molecule has 2 atom stereocenters. The summed E-state index contributed by atoms with van der Waals surface area (Å²) in [5.41, 5.74) is -0.404. The van der Waals surface area contributed by atoms with Gasteiger partial charge in [0.2, 0.25) is 10.0 Å². The molecule has 1 aromatic carbocycles. The molecule has 0 unspecified atom stereocenters. The third-order valence-electron chi connectivity index (χ3n) is 3.45. The highest BCUT2D eigenvalue weighted by molar-refractivity contribution is 7.89. The summed E-state index contributed by atoms with van der Waals surface area (Å²) in [6.07, 6.45) is 1.47. The first-order valence-corrected chi connectivity index (χ1v) is 7.93. The van der Waals surface area contributed by atoms with Gasteiger partial charge in [-0.1, -0.05) is 19.1 Å². The van der Waals surface area contributed by atoms with Gasteiger partial charge in [-0.3, -0.25) is 10.1 Å². The first-order valence-electron chi connectivity index (χ1n) is 6.45. The standard InChI is InChI=1S/C12H17N3O4S/c1-2-9-10(7-8-13-9)14-20(18,19)12-6-4-3-5-11(12)15(16)17/h3-6,9-10,13-14H,2,7-8H2,1H3/t9-,10+/m0/s1. The van der Waals surface area contributed by atoms with Crippen LogP contribution in [0.5, 0.6) is 0 Å². The van der Waals surface area contributed by atoms with E-state index in [2.05, 4.69) is 10.0 Å². The Bertz CT molecular complexity index is 602. The van der Waals surface area contributed by atoms with Gasteiger partial charge in [0.1, 0.15) is 0 Å². The van der Waals surface area contributed by atoms with Crippen molar-refractivity contribution in [2.24, 2.45) is 0 Å². The lowest BCUT2D eigenvalue weighted by Gasteiger charge is -2.19. The number of rotatable bonds is 5. The second-order valence-corrected chi connectivity index (χ2v) is 6.39. The van der Waals surface area contributed by atoms with E-state index < -0.39 is 20.6 Å². The lowest BCUT2D eigenvalue weighted by molar-refractivity contribution is -0.387. The van der Waals surface area contributed by atoms with Crippen molar-refractivity contribution in [1.29, 1.82) is 0 Å². The predicted octanol–water partition coefficient (Wildman–Crippen LogP) is 1.01. The molecule has 7 nitrogen and oxygen atoms in total. The Balaban J connectivity index is 2.29. The van der Waals surface area contributed by atoms with Gasteiger partial charge in [0, 0.05) is 18.2 Å². The van der Waals surface area contributed by atoms with E-state index in [9.17, 15) is 18.5 Å². The number of nitrogens with one attached hydrogen (secondary N) is 2. The van der Waals surface area contributed by atoms with Gasteiger partial charge in [0.05, 0.1) is 4.92 Å². The third-order valence-corrected chi connectivity index (χ3v) is 4.98. The van der Waals surface area contributed by atoms with Gasteiger partial charge in [-0.2, -0.15) is 0 Å². The molecular formula is C12H17N3O4S. The van der Waals surface area contributed by atoms with Crippen molar-refractivity contribution in [3.8, 4) is 0 Å². The second-order valence-electron chi connectivity index (χ2n) is 4.71. The Morgan fingerprint density at radius 2 is 2.15 bits per heavy atom. The largest absolute Gasteiger partial charge is 0.312 e. The number of nitro benzene ring substituents is 1. The minimum absolute atomic E-state index is 0.0625. The third kappa shape index (κ3) is 2.97. The Labute approximate surface area is 117 Å². The fraction of sp³-hybridized carbons (Fsp3) is 0.500. The van der Waals surface area contributed by atoms with E-state index in [1.165, 1.54) is 24.3 Å². The topological polar surface area (TPSA) is 101 Å². The van der Waals surface area contributed by atoms with Crippen molar-refractivity contribution < 1.29 is 13.3 Å². The summed E-state index contributed by atoms with van der Waals surface area (Å²) in [5.74, 6) is 0. The van der Waals surface area contributed by atoms with Gasteiger partial charge >= 0.3 is 0 Å². The van der Waals surface area contributed by atoms with Crippen LogP contribution in [0, 0.1) is 10.1 Å². The Kier molecular flexibility index (Phi) is 4.36. The SMILES string of the molecule is CC[C@@H]1NCC[C@H]1NS(=O)(=O)c1ccccc1[N+](=O)[O-]. The van der Waals surface area contributed by atoms with Gasteiger partial charge in [-0.15, -0.1) is 0 Å². The van der Waals surface area contributed by atoms with Crippen LogP contribution in [-0.4, -0.2) is 32.0 Å². The highest BCUT2D eigenvalue weighted by Crippen LogP contribution is 2.24. The minimum atomic E-state index is -3.89. The van der Waals surface area contributed by atoms with E-state index in [-0.39, 0.29) is 17.0 Å². The highest BCUT2D eigenvalue weighted by atomic mass is 32.2. The van der Waals surface area contributed by atoms with Gasteiger partial charge in [-0.05, 0) is 25.5 Å². The molecule has 0 aromatic heterocycles. The van der Waals surface area contributed by atoms with E-state index in [0.29, 0.717) is 6.42 Å². The molecule has 2 rings (SSSR count). The first-order chi connectivity index (χ1) is 9.45. The Morgan fingerprint density at radius 1 is 1.45 bits per heavy atom. The monoisotopic (exact) mass is 299 g/mol.